The number of hydrogen-bond acceptors (Lipinski definition) is 4. The molecule has 1 aromatic heterocycles. The highest BCUT2D eigenvalue weighted by Crippen LogP contribution is 2.43. The molecule has 154 valence electrons. The molecule has 0 saturated heterocycles. The van der Waals surface area contributed by atoms with E-state index in [1.54, 1.807) is 23.1 Å². The first-order chi connectivity index (χ1) is 14.5. The van der Waals surface area contributed by atoms with Crippen LogP contribution >= 0.6 is 11.6 Å². The third kappa shape index (κ3) is 3.59. The molecule has 4 rings (SSSR count). The van der Waals surface area contributed by atoms with E-state index >= 15 is 0 Å². The number of amides is 2. The van der Waals surface area contributed by atoms with Crippen molar-refractivity contribution in [3.63, 3.8) is 0 Å². The summed E-state index contributed by atoms with van der Waals surface area (Å²) >= 11 is 6.06. The highest BCUT2D eigenvalue weighted by molar-refractivity contribution is 6.30. The average Bonchev–Trinajstić information content (AvgIpc) is 3.30. The summed E-state index contributed by atoms with van der Waals surface area (Å²) < 4.78 is 5.10. The van der Waals surface area contributed by atoms with Crippen LogP contribution in [0.1, 0.15) is 48.8 Å². The van der Waals surface area contributed by atoms with E-state index in [-0.39, 0.29) is 29.7 Å². The van der Waals surface area contributed by atoms with Crippen LogP contribution in [0, 0.1) is 0 Å². The Balaban J connectivity index is 1.80. The van der Waals surface area contributed by atoms with Crippen molar-refractivity contribution < 1.29 is 14.1 Å². The van der Waals surface area contributed by atoms with Crippen molar-refractivity contribution >= 4 is 34.8 Å². The van der Waals surface area contributed by atoms with Crippen LogP contribution in [-0.4, -0.2) is 23.0 Å². The number of halogens is 1. The molecule has 30 heavy (non-hydrogen) atoms. The molecular formula is C23H22ClN3O3. The Kier molecular flexibility index (Phi) is 5.59. The van der Waals surface area contributed by atoms with Crippen LogP contribution in [0.3, 0.4) is 0 Å². The number of hydrogen-bond donors (Lipinski definition) is 0. The standard InChI is InChI=1S/C23H22ClN3O3/c1-3-22(28)27(17-10-8-16(24)9-11-17)20-14-15(2)26(19-7-5-4-6-18(19)20)23(29)21-12-13-25-30-21/h4-13,15,20H,3,14H2,1-2H3/t15-,20+/m1/s1. The third-order valence-corrected chi connectivity index (χ3v) is 5.67. The Morgan fingerprint density at radius 1 is 1.17 bits per heavy atom. The Labute approximate surface area is 180 Å². The number of carbonyl (C=O) groups excluding carboxylic acids is 2. The van der Waals surface area contributed by atoms with Crippen LogP contribution in [0.15, 0.2) is 65.3 Å². The van der Waals surface area contributed by atoms with Crippen molar-refractivity contribution in [3.8, 4) is 0 Å². The molecule has 0 unspecified atom stereocenters. The molecule has 2 amide bonds. The van der Waals surface area contributed by atoms with Gasteiger partial charge in [0.1, 0.15) is 0 Å². The molecule has 0 aliphatic carbocycles. The van der Waals surface area contributed by atoms with Gasteiger partial charge in [-0.1, -0.05) is 41.9 Å². The maximum atomic E-state index is 13.1. The minimum Gasteiger partial charge on any atom is -0.351 e. The number of anilines is 2. The van der Waals surface area contributed by atoms with E-state index in [0.29, 0.717) is 17.9 Å². The number of carbonyl (C=O) groups is 2. The largest absolute Gasteiger partial charge is 0.351 e. The van der Waals surface area contributed by atoms with Crippen molar-refractivity contribution in [2.24, 2.45) is 0 Å². The molecule has 0 bridgehead atoms. The number of rotatable bonds is 4. The highest BCUT2D eigenvalue weighted by atomic mass is 35.5. The summed E-state index contributed by atoms with van der Waals surface area (Å²) in [6, 6.07) is 16.2. The van der Waals surface area contributed by atoms with Gasteiger partial charge in [0, 0.05) is 34.9 Å². The number of aromatic nitrogens is 1. The number of para-hydroxylation sites is 1. The Hall–Kier alpha value is -3.12. The molecule has 0 fully saturated rings. The van der Waals surface area contributed by atoms with Gasteiger partial charge in [-0.2, -0.15) is 0 Å². The predicted molar refractivity (Wildman–Crippen MR) is 116 cm³/mol. The maximum absolute atomic E-state index is 13.1. The van der Waals surface area contributed by atoms with Crippen molar-refractivity contribution in [3.05, 3.63) is 77.1 Å². The summed E-state index contributed by atoms with van der Waals surface area (Å²) in [6.07, 6.45) is 2.42. The molecule has 1 aliphatic rings. The van der Waals surface area contributed by atoms with E-state index < -0.39 is 0 Å². The first kappa shape index (κ1) is 20.2. The van der Waals surface area contributed by atoms with E-state index in [0.717, 1.165) is 16.9 Å². The molecule has 0 radical (unpaired) electrons. The fourth-order valence-electron chi connectivity index (χ4n) is 4.05. The summed E-state index contributed by atoms with van der Waals surface area (Å²) in [5.41, 5.74) is 2.47. The molecule has 2 aromatic carbocycles. The summed E-state index contributed by atoms with van der Waals surface area (Å²) in [5.74, 6) is -0.0422. The molecule has 6 nitrogen and oxygen atoms in total. The van der Waals surface area contributed by atoms with E-state index in [2.05, 4.69) is 5.16 Å². The molecule has 2 heterocycles. The highest BCUT2D eigenvalue weighted by Gasteiger charge is 2.39. The topological polar surface area (TPSA) is 66.7 Å². The normalized spacial score (nSPS) is 18.0. The fraction of sp³-hybridized carbons (Fsp3) is 0.261. The lowest BCUT2D eigenvalue weighted by Gasteiger charge is -2.43. The van der Waals surface area contributed by atoms with Gasteiger partial charge in [-0.15, -0.1) is 0 Å². The van der Waals surface area contributed by atoms with Crippen LogP contribution in [0.4, 0.5) is 11.4 Å². The first-order valence-electron chi connectivity index (χ1n) is 9.92. The third-order valence-electron chi connectivity index (χ3n) is 5.42. The summed E-state index contributed by atoms with van der Waals surface area (Å²) in [6.45, 7) is 3.83. The molecule has 7 heteroatoms. The van der Waals surface area contributed by atoms with Gasteiger partial charge in [0.25, 0.3) is 5.91 Å². The zero-order valence-corrected chi connectivity index (χ0v) is 17.5. The Morgan fingerprint density at radius 3 is 2.57 bits per heavy atom. The van der Waals surface area contributed by atoms with Gasteiger partial charge in [0.2, 0.25) is 11.7 Å². The predicted octanol–water partition coefficient (Wildman–Crippen LogP) is 5.25. The van der Waals surface area contributed by atoms with E-state index in [4.69, 9.17) is 16.1 Å². The van der Waals surface area contributed by atoms with E-state index in [1.807, 2.05) is 55.1 Å². The lowest BCUT2D eigenvalue weighted by molar-refractivity contribution is -0.118. The van der Waals surface area contributed by atoms with Gasteiger partial charge in [-0.3, -0.25) is 9.59 Å². The molecule has 2 atom stereocenters. The second-order valence-electron chi connectivity index (χ2n) is 7.30. The minimum atomic E-state index is -0.245. The maximum Gasteiger partial charge on any atom is 0.297 e. The van der Waals surface area contributed by atoms with Gasteiger partial charge in [-0.25, -0.2) is 0 Å². The van der Waals surface area contributed by atoms with Gasteiger partial charge in [-0.05, 0) is 49.2 Å². The summed E-state index contributed by atoms with van der Waals surface area (Å²) in [5, 5.41) is 4.27. The van der Waals surface area contributed by atoms with Crippen LogP contribution in [0.25, 0.3) is 0 Å². The zero-order chi connectivity index (χ0) is 21.3. The molecular weight excluding hydrogens is 402 g/mol. The van der Waals surface area contributed by atoms with Crippen LogP contribution in [0.5, 0.6) is 0 Å². The van der Waals surface area contributed by atoms with Gasteiger partial charge < -0.3 is 14.3 Å². The van der Waals surface area contributed by atoms with Crippen LogP contribution < -0.4 is 9.80 Å². The zero-order valence-electron chi connectivity index (χ0n) is 16.8. The van der Waals surface area contributed by atoms with Gasteiger partial charge in [0.15, 0.2) is 0 Å². The number of fused-ring (bicyclic) bond motifs is 1. The summed E-state index contributed by atoms with van der Waals surface area (Å²) in [4.78, 5) is 29.7. The van der Waals surface area contributed by atoms with Gasteiger partial charge in [0.05, 0.1) is 12.2 Å². The molecule has 1 aliphatic heterocycles. The second-order valence-corrected chi connectivity index (χ2v) is 7.74. The minimum absolute atomic E-state index is 0.0133. The van der Waals surface area contributed by atoms with Gasteiger partial charge >= 0.3 is 0 Å². The number of benzene rings is 2. The first-order valence-corrected chi connectivity index (χ1v) is 10.3. The van der Waals surface area contributed by atoms with Crippen molar-refractivity contribution in [2.45, 2.75) is 38.8 Å². The Bertz CT molecular complexity index is 1050. The van der Waals surface area contributed by atoms with E-state index in [9.17, 15) is 9.59 Å². The quantitative estimate of drug-likeness (QED) is 0.574. The van der Waals surface area contributed by atoms with E-state index in [1.165, 1.54) is 6.20 Å². The Morgan fingerprint density at radius 2 is 1.90 bits per heavy atom. The molecule has 0 N–H and O–H groups in total. The number of nitrogens with zero attached hydrogens (tertiary/aromatic N) is 3. The SMILES string of the molecule is CCC(=O)N(c1ccc(Cl)cc1)[C@H]1C[C@@H](C)N(C(=O)c2ccno2)c2ccccc21. The average molecular weight is 424 g/mol. The van der Waals surface area contributed by atoms with Crippen molar-refractivity contribution in [2.75, 3.05) is 9.80 Å². The second kappa shape index (κ2) is 8.32. The summed E-state index contributed by atoms with van der Waals surface area (Å²) in [7, 11) is 0. The van der Waals surface area contributed by atoms with Crippen LogP contribution in [0.2, 0.25) is 5.02 Å². The monoisotopic (exact) mass is 423 g/mol. The lowest BCUT2D eigenvalue weighted by Crippen LogP contribution is -2.47. The molecule has 0 spiro atoms. The molecule has 3 aromatic rings. The van der Waals surface area contributed by atoms with Crippen LogP contribution in [-0.2, 0) is 4.79 Å². The van der Waals surface area contributed by atoms with Crippen molar-refractivity contribution in [1.29, 1.82) is 0 Å². The molecule has 0 saturated carbocycles. The fourth-order valence-corrected chi connectivity index (χ4v) is 4.18. The van der Waals surface area contributed by atoms with Crippen molar-refractivity contribution in [1.82, 2.24) is 5.16 Å². The smallest absolute Gasteiger partial charge is 0.297 e. The lowest BCUT2D eigenvalue weighted by atomic mass is 9.89.